The second-order valence-electron chi connectivity index (χ2n) is 13.4. The molecule has 0 fully saturated rings. The molecular weight excluding hydrogens is 747 g/mol. The van der Waals surface area contributed by atoms with E-state index in [1.165, 1.54) is 12.1 Å². The third-order valence-corrected chi connectivity index (χ3v) is 11.5. The minimum absolute atomic E-state index is 0.0738. The van der Waals surface area contributed by atoms with Crippen molar-refractivity contribution in [2.75, 3.05) is 13.2 Å². The molecule has 2 aliphatic heterocycles. The number of hydrogen-bond acceptors (Lipinski definition) is 8. The van der Waals surface area contributed by atoms with Gasteiger partial charge in [-0.15, -0.1) is 0 Å². The van der Waals surface area contributed by atoms with Crippen LogP contribution in [0.3, 0.4) is 0 Å². The van der Waals surface area contributed by atoms with E-state index in [1.807, 2.05) is 86.0 Å². The van der Waals surface area contributed by atoms with E-state index < -0.39 is 16.2 Å². The number of hydrogen-bond donors (Lipinski definition) is 1. The van der Waals surface area contributed by atoms with Gasteiger partial charge in [-0.25, -0.2) is 9.97 Å². The van der Waals surface area contributed by atoms with Crippen molar-refractivity contribution in [2.24, 2.45) is 0 Å². The Hall–Kier alpha value is -4.91. The number of aryl methyl sites for hydroxylation is 3. The molecule has 13 heteroatoms. The zero-order valence-electron chi connectivity index (χ0n) is 29.7. The Balaban J connectivity index is 0.000000164. The molecule has 2 unspecified atom stereocenters. The molecule has 0 saturated heterocycles. The van der Waals surface area contributed by atoms with Gasteiger partial charge in [-0.3, -0.25) is 4.18 Å². The van der Waals surface area contributed by atoms with E-state index in [0.717, 1.165) is 61.5 Å². The Morgan fingerprint density at radius 2 is 1.19 bits per heavy atom. The number of para-hydroxylation sites is 4. The third kappa shape index (κ3) is 6.60. The number of benzene rings is 5. The number of nitrogens with zero attached hydrogens (tertiary/aromatic N) is 4. The van der Waals surface area contributed by atoms with Gasteiger partial charge in [0, 0.05) is 0 Å². The van der Waals surface area contributed by atoms with Gasteiger partial charge in [0.15, 0.2) is 0 Å². The Bertz CT molecular complexity index is 2660. The quantitative estimate of drug-likeness (QED) is 0.173. The molecule has 1 N–H and O–H groups in total. The first-order valence-electron chi connectivity index (χ1n) is 17.4. The fraction of sp³-hybridized carbons (Fsp3) is 0.220. The van der Waals surface area contributed by atoms with Gasteiger partial charge in [-0.05, 0) is 80.4 Å². The number of fused-ring (bicyclic) bond motifs is 10. The maximum Gasteiger partial charge on any atom is 0.297 e. The molecular formula is C41H36Cl2N4O6S. The molecule has 2 aromatic heterocycles. The zero-order chi connectivity index (χ0) is 37.7. The summed E-state index contributed by atoms with van der Waals surface area (Å²) in [5.74, 6) is 2.63. The molecule has 0 aliphatic carbocycles. The molecule has 4 heterocycles. The van der Waals surface area contributed by atoms with E-state index >= 15 is 0 Å². The van der Waals surface area contributed by atoms with Crippen LogP contribution in [0.4, 0.5) is 0 Å². The predicted octanol–water partition coefficient (Wildman–Crippen LogP) is 8.56. The minimum Gasteiger partial charge on any atom is -0.484 e. The van der Waals surface area contributed by atoms with E-state index in [9.17, 15) is 13.5 Å². The van der Waals surface area contributed by atoms with Gasteiger partial charge in [0.25, 0.3) is 10.1 Å². The highest BCUT2D eigenvalue weighted by molar-refractivity contribution is 7.86. The zero-order valence-corrected chi connectivity index (χ0v) is 32.0. The molecule has 0 amide bonds. The van der Waals surface area contributed by atoms with Crippen LogP contribution in [0.15, 0.2) is 102 Å². The molecule has 10 nitrogen and oxygen atoms in total. The van der Waals surface area contributed by atoms with E-state index in [0.29, 0.717) is 34.6 Å². The Kier molecular flexibility index (Phi) is 9.61. The Morgan fingerprint density at radius 3 is 1.70 bits per heavy atom. The Morgan fingerprint density at radius 1 is 0.704 bits per heavy atom. The highest BCUT2D eigenvalue weighted by Crippen LogP contribution is 2.42. The van der Waals surface area contributed by atoms with Crippen molar-refractivity contribution in [1.29, 1.82) is 0 Å². The van der Waals surface area contributed by atoms with Crippen LogP contribution >= 0.6 is 23.2 Å². The number of ether oxygens (including phenoxy) is 2. The topological polar surface area (TPSA) is 118 Å². The monoisotopic (exact) mass is 782 g/mol. The first kappa shape index (κ1) is 36.1. The maximum atomic E-state index is 12.7. The van der Waals surface area contributed by atoms with Crippen LogP contribution in [0.25, 0.3) is 44.8 Å². The van der Waals surface area contributed by atoms with Crippen LogP contribution in [0.1, 0.15) is 16.7 Å². The Labute approximate surface area is 322 Å². The van der Waals surface area contributed by atoms with E-state index in [-0.39, 0.29) is 24.2 Å². The second-order valence-corrected chi connectivity index (χ2v) is 15.9. The van der Waals surface area contributed by atoms with E-state index in [4.69, 9.17) is 46.8 Å². The summed E-state index contributed by atoms with van der Waals surface area (Å²) in [4.78, 5) is 9.78. The molecule has 54 heavy (non-hydrogen) atoms. The van der Waals surface area contributed by atoms with Crippen molar-refractivity contribution in [3.05, 3.63) is 124 Å². The van der Waals surface area contributed by atoms with Gasteiger partial charge in [0.1, 0.15) is 42.0 Å². The van der Waals surface area contributed by atoms with Crippen molar-refractivity contribution >= 4 is 55.4 Å². The lowest BCUT2D eigenvalue weighted by Crippen LogP contribution is -2.29. The second kappa shape index (κ2) is 14.4. The molecule has 0 bridgehead atoms. The van der Waals surface area contributed by atoms with Crippen LogP contribution in [0, 0.1) is 20.8 Å². The van der Waals surface area contributed by atoms with Gasteiger partial charge >= 0.3 is 0 Å². The number of rotatable bonds is 5. The number of aromatic nitrogens is 4. The smallest absolute Gasteiger partial charge is 0.297 e. The van der Waals surface area contributed by atoms with Crippen molar-refractivity contribution in [2.45, 2.75) is 51.0 Å². The highest BCUT2D eigenvalue weighted by atomic mass is 35.5. The maximum absolute atomic E-state index is 12.7. The van der Waals surface area contributed by atoms with Crippen molar-refractivity contribution in [1.82, 2.24) is 19.1 Å². The average molecular weight is 784 g/mol. The van der Waals surface area contributed by atoms with Crippen LogP contribution in [-0.2, 0) is 27.4 Å². The van der Waals surface area contributed by atoms with Crippen molar-refractivity contribution in [3.63, 3.8) is 0 Å². The van der Waals surface area contributed by atoms with Crippen LogP contribution in [0.2, 0.25) is 10.0 Å². The van der Waals surface area contributed by atoms with Gasteiger partial charge in [0.2, 0.25) is 0 Å². The molecule has 0 radical (unpaired) electrons. The number of halogens is 2. The summed E-state index contributed by atoms with van der Waals surface area (Å²) < 4.78 is 47.1. The van der Waals surface area contributed by atoms with Gasteiger partial charge in [-0.1, -0.05) is 77.3 Å². The van der Waals surface area contributed by atoms with E-state index in [2.05, 4.69) is 4.57 Å². The third-order valence-electron chi connectivity index (χ3n) is 9.64. The number of imidazole rings is 2. The molecule has 0 saturated carbocycles. The first-order valence-corrected chi connectivity index (χ1v) is 19.6. The SMILES string of the molecule is Cc1ccc(S(=O)(=O)OCC2Cn3c(nc4c(C)cccc43)-c3cccc(Cl)c3O2)cc1.Cc1cccc2c1nc1n2CC(CO)Oc2c(Cl)cccc2-1. The fourth-order valence-corrected chi connectivity index (χ4v) is 8.27. The molecule has 5 aromatic carbocycles. The number of aliphatic hydroxyl groups is 1. The molecule has 2 atom stereocenters. The lowest BCUT2D eigenvalue weighted by atomic mass is 10.2. The van der Waals surface area contributed by atoms with E-state index in [1.54, 1.807) is 24.3 Å². The molecule has 9 rings (SSSR count). The summed E-state index contributed by atoms with van der Waals surface area (Å²) in [6, 6.07) is 29.8. The predicted molar refractivity (Wildman–Crippen MR) is 210 cm³/mol. The van der Waals surface area contributed by atoms with Crippen molar-refractivity contribution in [3.8, 4) is 34.3 Å². The normalized spacial score (nSPS) is 16.1. The summed E-state index contributed by atoms with van der Waals surface area (Å²) in [5.41, 5.74) is 8.63. The average Bonchev–Trinajstić information content (AvgIpc) is 3.60. The summed E-state index contributed by atoms with van der Waals surface area (Å²) in [6.45, 7) is 6.63. The van der Waals surface area contributed by atoms with Gasteiger partial charge in [0.05, 0.1) is 67.8 Å². The highest BCUT2D eigenvalue weighted by Gasteiger charge is 2.30. The van der Waals surface area contributed by atoms with Crippen molar-refractivity contribution < 1.29 is 27.2 Å². The lowest BCUT2D eigenvalue weighted by molar-refractivity contribution is 0.106. The fourth-order valence-electron chi connectivity index (χ4n) is 6.90. The largest absolute Gasteiger partial charge is 0.484 e. The minimum atomic E-state index is -3.93. The number of aliphatic hydroxyl groups excluding tert-OH is 1. The lowest BCUT2D eigenvalue weighted by Gasteiger charge is -2.19. The summed E-state index contributed by atoms with van der Waals surface area (Å²) in [7, 11) is -3.93. The first-order chi connectivity index (χ1) is 26.0. The van der Waals surface area contributed by atoms with Gasteiger partial charge < -0.3 is 23.7 Å². The summed E-state index contributed by atoms with van der Waals surface area (Å²) >= 11 is 12.7. The molecule has 0 spiro atoms. The standard InChI is InChI=1S/C24H21ClN2O4S.C17H15ClN2O2/c1-15-9-11-18(12-10-15)32(28,29)30-14-17-13-27-21-8-3-5-16(2)22(21)26-24(27)19-6-4-7-20(25)23(19)31-17;1-10-4-2-7-14-15(10)19-17-12-5-3-6-13(18)16(12)22-11(9-21)8-20(14)17/h3-12,17H,13-14H2,1-2H3;2-7,11,21H,8-9H2,1H3. The summed E-state index contributed by atoms with van der Waals surface area (Å²) in [6.07, 6.45) is -0.939. The van der Waals surface area contributed by atoms with Gasteiger partial charge in [-0.2, -0.15) is 8.42 Å². The van der Waals surface area contributed by atoms with Crippen LogP contribution in [0.5, 0.6) is 11.5 Å². The van der Waals surface area contributed by atoms with Crippen LogP contribution < -0.4 is 9.47 Å². The molecule has 7 aromatic rings. The summed E-state index contributed by atoms with van der Waals surface area (Å²) in [5, 5.41) is 10.6. The molecule has 276 valence electrons. The molecule has 2 aliphatic rings. The van der Waals surface area contributed by atoms with Crippen LogP contribution in [-0.4, -0.2) is 58.0 Å².